The van der Waals surface area contributed by atoms with Gasteiger partial charge in [0, 0.05) is 25.6 Å². The van der Waals surface area contributed by atoms with Crippen LogP contribution in [0.25, 0.3) is 0 Å². The molecule has 2 aliphatic rings. The topological polar surface area (TPSA) is 62.6 Å². The largest absolute Gasteiger partial charge is 0.472 e. The van der Waals surface area contributed by atoms with Gasteiger partial charge >= 0.3 is 0 Å². The summed E-state index contributed by atoms with van der Waals surface area (Å²) in [6.07, 6.45) is 12.0. The van der Waals surface area contributed by atoms with Gasteiger partial charge in [0.25, 0.3) is 5.91 Å². The Morgan fingerprint density at radius 2 is 2.04 bits per heavy atom. The van der Waals surface area contributed by atoms with E-state index in [0.717, 1.165) is 51.7 Å². The van der Waals surface area contributed by atoms with Gasteiger partial charge in [0.1, 0.15) is 6.26 Å². The Hall–Kier alpha value is -2.04. The minimum atomic E-state index is 0.0372. The van der Waals surface area contributed by atoms with Crippen molar-refractivity contribution in [1.29, 1.82) is 0 Å². The second-order valence-corrected chi connectivity index (χ2v) is 6.47. The summed E-state index contributed by atoms with van der Waals surface area (Å²) in [6.45, 7) is 2.22. The van der Waals surface area contributed by atoms with Crippen molar-refractivity contribution < 1.29 is 14.0 Å². The lowest BCUT2D eigenvalue weighted by Crippen LogP contribution is -2.42. The molecule has 1 N–H and O–H groups in total. The first-order chi connectivity index (χ1) is 11.2. The van der Waals surface area contributed by atoms with Crippen LogP contribution >= 0.6 is 0 Å². The van der Waals surface area contributed by atoms with E-state index in [-0.39, 0.29) is 17.7 Å². The lowest BCUT2D eigenvalue weighted by Gasteiger charge is -2.32. The van der Waals surface area contributed by atoms with Gasteiger partial charge in [-0.05, 0) is 44.1 Å². The van der Waals surface area contributed by atoms with E-state index in [4.69, 9.17) is 4.42 Å². The molecule has 1 atom stereocenters. The fourth-order valence-corrected chi connectivity index (χ4v) is 3.33. The zero-order valence-corrected chi connectivity index (χ0v) is 13.4. The van der Waals surface area contributed by atoms with Crippen molar-refractivity contribution in [3.05, 3.63) is 36.3 Å². The van der Waals surface area contributed by atoms with Crippen molar-refractivity contribution in [2.45, 2.75) is 32.1 Å². The Morgan fingerprint density at radius 3 is 2.70 bits per heavy atom. The standard InChI is InChI=1S/C18H24N2O3/c21-17(15-4-2-1-3-5-15)19-12-14-6-9-20(10-7-14)18(22)16-8-11-23-13-16/h1-2,8,11,13-15H,3-7,9-10,12H2,(H,19,21)/t15-/m1/s1. The highest BCUT2D eigenvalue weighted by Gasteiger charge is 2.25. The van der Waals surface area contributed by atoms with Gasteiger partial charge in [0.2, 0.25) is 5.91 Å². The summed E-state index contributed by atoms with van der Waals surface area (Å²) in [4.78, 5) is 26.2. The van der Waals surface area contributed by atoms with E-state index >= 15 is 0 Å². The zero-order valence-electron chi connectivity index (χ0n) is 13.4. The van der Waals surface area contributed by atoms with Crippen LogP contribution in [-0.4, -0.2) is 36.3 Å². The highest BCUT2D eigenvalue weighted by Crippen LogP contribution is 2.21. The highest BCUT2D eigenvalue weighted by molar-refractivity contribution is 5.93. The quantitative estimate of drug-likeness (QED) is 0.869. The molecule has 1 aromatic rings. The molecule has 0 spiro atoms. The van der Waals surface area contributed by atoms with Crippen LogP contribution in [0.5, 0.6) is 0 Å². The summed E-state index contributed by atoms with van der Waals surface area (Å²) < 4.78 is 4.97. The van der Waals surface area contributed by atoms with Crippen LogP contribution in [0, 0.1) is 11.8 Å². The van der Waals surface area contributed by atoms with E-state index in [1.165, 1.54) is 12.5 Å². The van der Waals surface area contributed by atoms with Crippen molar-refractivity contribution in [2.75, 3.05) is 19.6 Å². The molecule has 1 aliphatic carbocycles. The third kappa shape index (κ3) is 4.03. The number of furan rings is 1. The van der Waals surface area contributed by atoms with Crippen LogP contribution in [0.3, 0.4) is 0 Å². The minimum absolute atomic E-state index is 0.0372. The normalized spacial score (nSPS) is 22.1. The fraction of sp³-hybridized carbons (Fsp3) is 0.556. The van der Waals surface area contributed by atoms with Crippen LogP contribution in [0.1, 0.15) is 42.5 Å². The molecule has 1 fully saturated rings. The number of amides is 2. The Balaban J connectivity index is 1.40. The van der Waals surface area contributed by atoms with Crippen molar-refractivity contribution >= 4 is 11.8 Å². The Labute approximate surface area is 136 Å². The summed E-state index contributed by atoms with van der Waals surface area (Å²) in [5.74, 6) is 0.829. The first-order valence-corrected chi connectivity index (χ1v) is 8.48. The Morgan fingerprint density at radius 1 is 1.22 bits per heavy atom. The van der Waals surface area contributed by atoms with E-state index in [9.17, 15) is 9.59 Å². The monoisotopic (exact) mass is 316 g/mol. The zero-order chi connectivity index (χ0) is 16.1. The van der Waals surface area contributed by atoms with Crippen molar-refractivity contribution in [1.82, 2.24) is 10.2 Å². The molecule has 1 saturated heterocycles. The Kier molecular flexibility index (Phi) is 5.16. The SMILES string of the molecule is O=C(NCC1CCN(C(=O)c2ccoc2)CC1)[C@@H]1CC=CCC1. The molecule has 23 heavy (non-hydrogen) atoms. The second kappa shape index (κ2) is 7.49. The van der Waals surface area contributed by atoms with Gasteiger partial charge in [0.05, 0.1) is 11.8 Å². The summed E-state index contributed by atoms with van der Waals surface area (Å²) in [7, 11) is 0. The van der Waals surface area contributed by atoms with Gasteiger partial charge in [-0.15, -0.1) is 0 Å². The van der Waals surface area contributed by atoms with Crippen LogP contribution in [0.2, 0.25) is 0 Å². The smallest absolute Gasteiger partial charge is 0.257 e. The van der Waals surface area contributed by atoms with E-state index in [1.54, 1.807) is 6.07 Å². The number of allylic oxidation sites excluding steroid dienone is 2. The molecule has 0 bridgehead atoms. The molecule has 1 aliphatic heterocycles. The molecule has 0 aromatic carbocycles. The molecule has 3 rings (SSSR count). The third-order valence-electron chi connectivity index (χ3n) is 4.87. The van der Waals surface area contributed by atoms with Gasteiger partial charge in [-0.3, -0.25) is 9.59 Å². The molecule has 1 aromatic heterocycles. The lowest BCUT2D eigenvalue weighted by atomic mass is 9.92. The average molecular weight is 316 g/mol. The molecular weight excluding hydrogens is 292 g/mol. The third-order valence-corrected chi connectivity index (χ3v) is 4.87. The summed E-state index contributed by atoms with van der Waals surface area (Å²) in [6, 6.07) is 1.70. The number of nitrogens with one attached hydrogen (secondary N) is 1. The average Bonchev–Trinajstić information content (AvgIpc) is 3.15. The molecule has 5 nitrogen and oxygen atoms in total. The van der Waals surface area contributed by atoms with Gasteiger partial charge in [-0.2, -0.15) is 0 Å². The second-order valence-electron chi connectivity index (χ2n) is 6.47. The van der Waals surface area contributed by atoms with Crippen LogP contribution in [0.4, 0.5) is 0 Å². The molecular formula is C18H24N2O3. The van der Waals surface area contributed by atoms with E-state index in [2.05, 4.69) is 17.5 Å². The number of carbonyl (C=O) groups excluding carboxylic acids is 2. The van der Waals surface area contributed by atoms with Gasteiger partial charge in [-0.1, -0.05) is 12.2 Å². The summed E-state index contributed by atoms with van der Waals surface area (Å²) in [5.41, 5.74) is 0.613. The van der Waals surface area contributed by atoms with Crippen molar-refractivity contribution in [3.63, 3.8) is 0 Å². The van der Waals surface area contributed by atoms with Gasteiger partial charge in [-0.25, -0.2) is 0 Å². The predicted octanol–water partition coefficient (Wildman–Crippen LogP) is 2.60. The van der Waals surface area contributed by atoms with Crippen LogP contribution < -0.4 is 5.32 Å². The van der Waals surface area contributed by atoms with Crippen molar-refractivity contribution in [3.8, 4) is 0 Å². The van der Waals surface area contributed by atoms with Crippen molar-refractivity contribution in [2.24, 2.45) is 11.8 Å². The number of hydrogen-bond donors (Lipinski definition) is 1. The molecule has 0 saturated carbocycles. The number of rotatable bonds is 4. The Bertz CT molecular complexity index is 557. The summed E-state index contributed by atoms with van der Waals surface area (Å²) in [5, 5.41) is 3.10. The molecule has 2 amide bonds. The maximum atomic E-state index is 12.2. The number of hydrogen-bond acceptors (Lipinski definition) is 3. The number of carbonyl (C=O) groups is 2. The maximum absolute atomic E-state index is 12.2. The van der Waals surface area contributed by atoms with Gasteiger partial charge < -0.3 is 14.6 Å². The number of likely N-dealkylation sites (tertiary alicyclic amines) is 1. The molecule has 0 radical (unpaired) electrons. The first-order valence-electron chi connectivity index (χ1n) is 8.48. The van der Waals surface area contributed by atoms with E-state index in [0.29, 0.717) is 11.5 Å². The predicted molar refractivity (Wildman–Crippen MR) is 86.8 cm³/mol. The molecule has 5 heteroatoms. The molecule has 124 valence electrons. The van der Waals surface area contributed by atoms with E-state index in [1.807, 2.05) is 4.90 Å². The van der Waals surface area contributed by atoms with Crippen LogP contribution in [-0.2, 0) is 4.79 Å². The first kappa shape index (κ1) is 15.8. The maximum Gasteiger partial charge on any atom is 0.257 e. The highest BCUT2D eigenvalue weighted by atomic mass is 16.3. The number of nitrogens with zero attached hydrogens (tertiary/aromatic N) is 1. The molecule has 0 unspecified atom stereocenters. The molecule has 2 heterocycles. The van der Waals surface area contributed by atoms with Crippen LogP contribution in [0.15, 0.2) is 35.2 Å². The number of piperidine rings is 1. The van der Waals surface area contributed by atoms with E-state index < -0.39 is 0 Å². The summed E-state index contributed by atoms with van der Waals surface area (Å²) >= 11 is 0. The fourth-order valence-electron chi connectivity index (χ4n) is 3.33. The lowest BCUT2D eigenvalue weighted by molar-refractivity contribution is -0.125. The van der Waals surface area contributed by atoms with Gasteiger partial charge in [0.15, 0.2) is 0 Å². The minimum Gasteiger partial charge on any atom is -0.472 e.